The monoisotopic (exact) mass is 263 g/mol. The molecule has 0 saturated heterocycles. The lowest BCUT2D eigenvalue weighted by atomic mass is 10.0. The molecular weight excluding hydrogens is 242 g/mol. The molecule has 1 rings (SSSR count). The van der Waals surface area contributed by atoms with E-state index in [1.54, 1.807) is 25.2 Å². The van der Waals surface area contributed by atoms with Crippen LogP contribution in [0.25, 0.3) is 0 Å². The van der Waals surface area contributed by atoms with E-state index >= 15 is 0 Å². The summed E-state index contributed by atoms with van der Waals surface area (Å²) in [5.41, 5.74) is 7.19. The molecule has 0 heterocycles. The Kier molecular flexibility index (Phi) is 5.51. The summed E-state index contributed by atoms with van der Waals surface area (Å²) in [6, 6.07) is 6.61. The number of hydrogen-bond acceptors (Lipinski definition) is 3. The second kappa shape index (κ2) is 6.89. The largest absolute Gasteiger partial charge is 0.355 e. The average Bonchev–Trinajstić information content (AvgIpc) is 2.43. The summed E-state index contributed by atoms with van der Waals surface area (Å²) in [6.45, 7) is 4.16. The molecule has 0 aromatic heterocycles. The molecule has 104 valence electrons. The van der Waals surface area contributed by atoms with Crippen molar-refractivity contribution in [3.05, 3.63) is 35.4 Å². The zero-order valence-electron chi connectivity index (χ0n) is 11.6. The molecule has 4 N–H and O–H groups in total. The van der Waals surface area contributed by atoms with Gasteiger partial charge in [0.2, 0.25) is 5.91 Å². The van der Waals surface area contributed by atoms with E-state index in [0.29, 0.717) is 12.1 Å². The lowest BCUT2D eigenvalue weighted by molar-refractivity contribution is -0.123. The van der Waals surface area contributed by atoms with Gasteiger partial charge < -0.3 is 16.4 Å². The number of rotatable bonds is 5. The molecule has 5 heteroatoms. The molecule has 5 nitrogen and oxygen atoms in total. The third kappa shape index (κ3) is 4.37. The van der Waals surface area contributed by atoms with E-state index in [1.165, 1.54) is 0 Å². The first-order valence-corrected chi connectivity index (χ1v) is 6.30. The summed E-state index contributed by atoms with van der Waals surface area (Å²) in [5, 5.41) is 5.33. The van der Waals surface area contributed by atoms with Gasteiger partial charge in [0.05, 0.1) is 6.04 Å². The predicted molar refractivity (Wildman–Crippen MR) is 74.5 cm³/mol. The molecule has 19 heavy (non-hydrogen) atoms. The summed E-state index contributed by atoms with van der Waals surface area (Å²) in [6.07, 6.45) is 0. The van der Waals surface area contributed by atoms with E-state index in [-0.39, 0.29) is 17.7 Å². The van der Waals surface area contributed by atoms with Crippen molar-refractivity contribution in [1.82, 2.24) is 10.6 Å². The van der Waals surface area contributed by atoms with E-state index in [4.69, 9.17) is 5.73 Å². The normalized spacial score (nSPS) is 12.1. The number of amides is 2. The molecule has 0 spiro atoms. The fraction of sp³-hybridized carbons (Fsp3) is 0.429. The Morgan fingerprint density at radius 3 is 2.58 bits per heavy atom. The Balaban J connectivity index is 2.63. The van der Waals surface area contributed by atoms with Crippen molar-refractivity contribution in [3.63, 3.8) is 0 Å². The van der Waals surface area contributed by atoms with Crippen LogP contribution in [-0.4, -0.2) is 24.9 Å². The van der Waals surface area contributed by atoms with E-state index in [9.17, 15) is 9.59 Å². The minimum absolute atomic E-state index is 0.0946. The van der Waals surface area contributed by atoms with Crippen molar-refractivity contribution >= 4 is 11.8 Å². The number of nitrogens with one attached hydrogen (secondary N) is 2. The standard InChI is InChI=1S/C14H21N3O2/c1-9(2)12(15)14(19)17-8-10-5-4-6-11(7-10)13(18)16-3/h4-7,9,12H,8,15H2,1-3H3,(H,16,18)(H,17,19)/t12-/m0/s1. The summed E-state index contributed by atoms with van der Waals surface area (Å²) in [7, 11) is 1.58. The maximum atomic E-state index is 11.7. The van der Waals surface area contributed by atoms with Crippen molar-refractivity contribution in [3.8, 4) is 0 Å². The molecular formula is C14H21N3O2. The molecule has 1 atom stereocenters. The van der Waals surface area contributed by atoms with Crippen molar-refractivity contribution in [2.45, 2.75) is 26.4 Å². The molecule has 0 radical (unpaired) electrons. The minimum Gasteiger partial charge on any atom is -0.355 e. The van der Waals surface area contributed by atoms with Gasteiger partial charge in [-0.05, 0) is 23.6 Å². The van der Waals surface area contributed by atoms with Crippen LogP contribution in [0.5, 0.6) is 0 Å². The van der Waals surface area contributed by atoms with Gasteiger partial charge in [0.25, 0.3) is 5.91 Å². The number of carbonyl (C=O) groups is 2. The van der Waals surface area contributed by atoms with Crippen LogP contribution in [0, 0.1) is 5.92 Å². The maximum absolute atomic E-state index is 11.7. The van der Waals surface area contributed by atoms with Gasteiger partial charge in [-0.3, -0.25) is 9.59 Å². The molecule has 0 fully saturated rings. The summed E-state index contributed by atoms with van der Waals surface area (Å²) < 4.78 is 0. The van der Waals surface area contributed by atoms with E-state index in [0.717, 1.165) is 5.56 Å². The highest BCUT2D eigenvalue weighted by Gasteiger charge is 2.16. The van der Waals surface area contributed by atoms with Crippen molar-refractivity contribution in [1.29, 1.82) is 0 Å². The molecule has 0 aliphatic carbocycles. The Labute approximate surface area is 113 Å². The zero-order chi connectivity index (χ0) is 14.4. The zero-order valence-corrected chi connectivity index (χ0v) is 11.6. The van der Waals surface area contributed by atoms with Crippen molar-refractivity contribution in [2.24, 2.45) is 11.7 Å². The van der Waals surface area contributed by atoms with Crippen LogP contribution < -0.4 is 16.4 Å². The first kappa shape index (κ1) is 15.2. The van der Waals surface area contributed by atoms with Crippen LogP contribution in [0.1, 0.15) is 29.8 Å². The smallest absolute Gasteiger partial charge is 0.251 e. The second-order valence-corrected chi connectivity index (χ2v) is 4.77. The number of benzene rings is 1. The van der Waals surface area contributed by atoms with Crippen LogP contribution >= 0.6 is 0 Å². The maximum Gasteiger partial charge on any atom is 0.251 e. The number of nitrogens with two attached hydrogens (primary N) is 1. The quantitative estimate of drug-likeness (QED) is 0.729. The molecule has 1 aromatic carbocycles. The molecule has 2 amide bonds. The van der Waals surface area contributed by atoms with Crippen LogP contribution in [0.4, 0.5) is 0 Å². The van der Waals surface area contributed by atoms with E-state index < -0.39 is 6.04 Å². The van der Waals surface area contributed by atoms with E-state index in [2.05, 4.69) is 10.6 Å². The topological polar surface area (TPSA) is 84.2 Å². The highest BCUT2D eigenvalue weighted by molar-refractivity contribution is 5.94. The molecule has 0 aliphatic heterocycles. The summed E-state index contributed by atoms with van der Waals surface area (Å²) >= 11 is 0. The second-order valence-electron chi connectivity index (χ2n) is 4.77. The molecule has 0 saturated carbocycles. The highest BCUT2D eigenvalue weighted by atomic mass is 16.2. The molecule has 0 unspecified atom stereocenters. The highest BCUT2D eigenvalue weighted by Crippen LogP contribution is 2.05. The first-order valence-electron chi connectivity index (χ1n) is 6.30. The number of hydrogen-bond donors (Lipinski definition) is 3. The Bertz CT molecular complexity index is 458. The molecule has 1 aromatic rings. The Hall–Kier alpha value is -1.88. The van der Waals surface area contributed by atoms with Gasteiger partial charge >= 0.3 is 0 Å². The molecule has 0 aliphatic rings. The van der Waals surface area contributed by atoms with Gasteiger partial charge in [0, 0.05) is 19.2 Å². The lowest BCUT2D eigenvalue weighted by Crippen LogP contribution is -2.43. The third-order valence-electron chi connectivity index (χ3n) is 2.90. The first-order chi connectivity index (χ1) is 8.95. The van der Waals surface area contributed by atoms with Crippen LogP contribution in [0.15, 0.2) is 24.3 Å². The Morgan fingerprint density at radius 2 is 2.00 bits per heavy atom. The van der Waals surface area contributed by atoms with Gasteiger partial charge in [-0.15, -0.1) is 0 Å². The Morgan fingerprint density at radius 1 is 1.32 bits per heavy atom. The van der Waals surface area contributed by atoms with Gasteiger partial charge in [-0.25, -0.2) is 0 Å². The van der Waals surface area contributed by atoms with E-state index in [1.807, 2.05) is 19.9 Å². The molecule has 0 bridgehead atoms. The van der Waals surface area contributed by atoms with Gasteiger partial charge in [0.15, 0.2) is 0 Å². The van der Waals surface area contributed by atoms with Crippen molar-refractivity contribution in [2.75, 3.05) is 7.05 Å². The minimum atomic E-state index is -0.512. The van der Waals surface area contributed by atoms with Crippen molar-refractivity contribution < 1.29 is 9.59 Å². The van der Waals surface area contributed by atoms with Crippen LogP contribution in [-0.2, 0) is 11.3 Å². The van der Waals surface area contributed by atoms with Gasteiger partial charge in [-0.2, -0.15) is 0 Å². The fourth-order valence-electron chi connectivity index (χ4n) is 1.58. The average molecular weight is 263 g/mol. The fourth-order valence-corrected chi connectivity index (χ4v) is 1.58. The lowest BCUT2D eigenvalue weighted by Gasteiger charge is -2.15. The van der Waals surface area contributed by atoms with Gasteiger partial charge in [-0.1, -0.05) is 26.0 Å². The summed E-state index contributed by atoms with van der Waals surface area (Å²) in [4.78, 5) is 23.2. The van der Waals surface area contributed by atoms with Crippen LogP contribution in [0.2, 0.25) is 0 Å². The summed E-state index contributed by atoms with van der Waals surface area (Å²) in [5.74, 6) is -0.232. The van der Waals surface area contributed by atoms with Crippen LogP contribution in [0.3, 0.4) is 0 Å². The number of carbonyl (C=O) groups excluding carboxylic acids is 2. The predicted octanol–water partition coefficient (Wildman–Crippen LogP) is 0.646. The van der Waals surface area contributed by atoms with Gasteiger partial charge in [0.1, 0.15) is 0 Å². The third-order valence-corrected chi connectivity index (χ3v) is 2.90. The SMILES string of the molecule is CNC(=O)c1cccc(CNC(=O)[C@@H](N)C(C)C)c1.